The third-order valence-corrected chi connectivity index (χ3v) is 3.82. The number of carbonyl (C=O) groups is 1. The van der Waals surface area contributed by atoms with Crippen molar-refractivity contribution in [1.29, 1.82) is 0 Å². The van der Waals surface area contributed by atoms with Crippen molar-refractivity contribution in [2.45, 2.75) is 57.7 Å². The van der Waals surface area contributed by atoms with Gasteiger partial charge < -0.3 is 15.8 Å². The van der Waals surface area contributed by atoms with E-state index in [4.69, 9.17) is 10.5 Å². The van der Waals surface area contributed by atoms with E-state index in [1.165, 1.54) is 0 Å². The molecule has 0 aromatic heterocycles. The second kappa shape index (κ2) is 6.02. The fourth-order valence-electron chi connectivity index (χ4n) is 2.45. The highest BCUT2D eigenvalue weighted by Gasteiger charge is 2.38. The van der Waals surface area contributed by atoms with Crippen LogP contribution in [0.5, 0.6) is 5.75 Å². The minimum atomic E-state index is -0.832. The van der Waals surface area contributed by atoms with E-state index in [0.29, 0.717) is 18.0 Å². The lowest BCUT2D eigenvalue weighted by Gasteiger charge is -2.30. The molecule has 0 spiro atoms. The summed E-state index contributed by atoms with van der Waals surface area (Å²) in [5, 5.41) is 3.26. The molecule has 0 aliphatic heterocycles. The molecule has 21 heavy (non-hydrogen) atoms. The number of amides is 1. The summed E-state index contributed by atoms with van der Waals surface area (Å²) in [6.45, 7) is 5.28. The molecule has 0 heterocycles. The second-order valence-corrected chi connectivity index (χ2v) is 6.13. The van der Waals surface area contributed by atoms with Gasteiger partial charge in [0, 0.05) is 12.5 Å². The van der Waals surface area contributed by atoms with Gasteiger partial charge in [-0.15, -0.1) is 0 Å². The van der Waals surface area contributed by atoms with E-state index >= 15 is 0 Å². The first-order valence-corrected chi connectivity index (χ1v) is 7.31. The van der Waals surface area contributed by atoms with Gasteiger partial charge in [-0.2, -0.15) is 0 Å². The summed E-state index contributed by atoms with van der Waals surface area (Å²) < 4.78 is 19.6. The molecular formula is C16H23FN2O2. The van der Waals surface area contributed by atoms with Crippen LogP contribution in [0, 0.1) is 12.7 Å². The number of halogens is 1. The maximum Gasteiger partial charge on any atom is 0.237 e. The fourth-order valence-corrected chi connectivity index (χ4v) is 2.45. The van der Waals surface area contributed by atoms with Crippen molar-refractivity contribution in [2.75, 3.05) is 0 Å². The Morgan fingerprint density at radius 3 is 2.81 bits per heavy atom. The summed E-state index contributed by atoms with van der Waals surface area (Å²) in [5.41, 5.74) is 5.21. The highest BCUT2D eigenvalue weighted by atomic mass is 19.1. The molecule has 4 nitrogen and oxygen atoms in total. The zero-order valence-corrected chi connectivity index (χ0v) is 12.8. The molecule has 116 valence electrons. The summed E-state index contributed by atoms with van der Waals surface area (Å²) in [6, 6.07) is 5.38. The molecule has 1 fully saturated rings. The van der Waals surface area contributed by atoms with E-state index in [-0.39, 0.29) is 17.7 Å². The van der Waals surface area contributed by atoms with E-state index in [1.54, 1.807) is 32.0 Å². The van der Waals surface area contributed by atoms with Gasteiger partial charge in [0.2, 0.25) is 5.91 Å². The third-order valence-electron chi connectivity index (χ3n) is 3.82. The first kappa shape index (κ1) is 15.8. The number of primary amides is 1. The van der Waals surface area contributed by atoms with Crippen LogP contribution in [0.4, 0.5) is 4.39 Å². The Kier molecular flexibility index (Phi) is 4.52. The summed E-state index contributed by atoms with van der Waals surface area (Å²) >= 11 is 0. The van der Waals surface area contributed by atoms with E-state index in [2.05, 4.69) is 5.32 Å². The first-order valence-electron chi connectivity index (χ1n) is 7.31. The predicted octanol–water partition coefficient (Wildman–Crippen LogP) is 2.29. The van der Waals surface area contributed by atoms with Gasteiger partial charge in [0.05, 0.1) is 11.6 Å². The molecule has 3 N–H and O–H groups in total. The lowest BCUT2D eigenvalue weighted by atomic mass is 9.93. The molecule has 1 aromatic carbocycles. The summed E-state index contributed by atoms with van der Waals surface area (Å²) in [7, 11) is 0. The van der Waals surface area contributed by atoms with Crippen molar-refractivity contribution in [1.82, 2.24) is 5.32 Å². The second-order valence-electron chi connectivity index (χ2n) is 6.13. The topological polar surface area (TPSA) is 64.3 Å². The van der Waals surface area contributed by atoms with Crippen molar-refractivity contribution in [3.63, 3.8) is 0 Å². The molecule has 1 aromatic rings. The lowest BCUT2D eigenvalue weighted by molar-refractivity contribution is -0.124. The van der Waals surface area contributed by atoms with Crippen molar-refractivity contribution < 1.29 is 13.9 Å². The minimum absolute atomic E-state index is 0.209. The quantitative estimate of drug-likeness (QED) is 0.811. The van der Waals surface area contributed by atoms with Gasteiger partial charge in [-0.1, -0.05) is 12.1 Å². The molecule has 1 aliphatic rings. The largest absolute Gasteiger partial charge is 0.488 e. The van der Waals surface area contributed by atoms with Gasteiger partial charge >= 0.3 is 0 Å². The van der Waals surface area contributed by atoms with Crippen molar-refractivity contribution in [3.05, 3.63) is 29.6 Å². The van der Waals surface area contributed by atoms with Gasteiger partial charge in [0.25, 0.3) is 0 Å². The van der Waals surface area contributed by atoms with E-state index < -0.39 is 11.4 Å². The van der Waals surface area contributed by atoms with Gasteiger partial charge in [0.15, 0.2) is 11.6 Å². The van der Waals surface area contributed by atoms with E-state index in [0.717, 1.165) is 12.8 Å². The number of aryl methyl sites for hydroxylation is 1. The standard InChI is InChI=1S/C16H23FN2O2/c1-10-5-4-6-13(14(10)17)21-11(2)9-16(3,15(18)20)19-12-7-8-12/h4-6,11-12,19H,7-9H2,1-3H3,(H2,18,20). The SMILES string of the molecule is Cc1cccc(OC(C)CC(C)(NC2CC2)C(N)=O)c1F. The zero-order valence-electron chi connectivity index (χ0n) is 12.8. The van der Waals surface area contributed by atoms with Crippen LogP contribution < -0.4 is 15.8 Å². The number of carbonyl (C=O) groups excluding carboxylic acids is 1. The first-order chi connectivity index (χ1) is 9.82. The van der Waals surface area contributed by atoms with Gasteiger partial charge in [-0.05, 0) is 45.2 Å². The van der Waals surface area contributed by atoms with E-state index in [9.17, 15) is 9.18 Å². The summed E-state index contributed by atoms with van der Waals surface area (Å²) in [5.74, 6) is -0.560. The number of nitrogens with two attached hydrogens (primary N) is 1. The Hall–Kier alpha value is -1.62. The average molecular weight is 294 g/mol. The number of benzene rings is 1. The number of hydrogen-bond donors (Lipinski definition) is 2. The average Bonchev–Trinajstić information content (AvgIpc) is 3.18. The molecule has 2 rings (SSSR count). The van der Waals surface area contributed by atoms with E-state index in [1.807, 2.05) is 6.92 Å². The highest BCUT2D eigenvalue weighted by molar-refractivity contribution is 5.84. The van der Waals surface area contributed by atoms with Gasteiger partial charge in [0.1, 0.15) is 0 Å². The predicted molar refractivity (Wildman–Crippen MR) is 79.6 cm³/mol. The minimum Gasteiger partial charge on any atom is -0.488 e. The van der Waals surface area contributed by atoms with Crippen LogP contribution in [-0.4, -0.2) is 23.6 Å². The Labute approximate surface area is 124 Å². The monoisotopic (exact) mass is 294 g/mol. The molecule has 2 atom stereocenters. The summed E-state index contributed by atoms with van der Waals surface area (Å²) in [6.07, 6.45) is 2.19. The van der Waals surface area contributed by atoms with Crippen molar-refractivity contribution in [2.24, 2.45) is 5.73 Å². The van der Waals surface area contributed by atoms with Crippen LogP contribution in [0.1, 0.15) is 38.7 Å². The molecule has 1 amide bonds. The molecule has 1 aliphatic carbocycles. The van der Waals surface area contributed by atoms with Crippen LogP contribution in [-0.2, 0) is 4.79 Å². The Bertz CT molecular complexity index is 531. The Morgan fingerprint density at radius 2 is 2.24 bits per heavy atom. The fraction of sp³-hybridized carbons (Fsp3) is 0.562. The molecular weight excluding hydrogens is 271 g/mol. The molecule has 1 saturated carbocycles. The highest BCUT2D eigenvalue weighted by Crippen LogP contribution is 2.27. The Balaban J connectivity index is 2.03. The van der Waals surface area contributed by atoms with Crippen LogP contribution in [0.15, 0.2) is 18.2 Å². The normalized spacial score (nSPS) is 18.9. The molecule has 0 radical (unpaired) electrons. The zero-order chi connectivity index (χ0) is 15.6. The molecule has 0 saturated heterocycles. The van der Waals surface area contributed by atoms with Crippen LogP contribution >= 0.6 is 0 Å². The molecule has 5 heteroatoms. The Morgan fingerprint density at radius 1 is 1.57 bits per heavy atom. The third kappa shape index (κ3) is 3.94. The van der Waals surface area contributed by atoms with Gasteiger partial charge in [-0.25, -0.2) is 4.39 Å². The number of hydrogen-bond acceptors (Lipinski definition) is 3. The summed E-state index contributed by atoms with van der Waals surface area (Å²) in [4.78, 5) is 11.7. The molecule has 2 unspecified atom stereocenters. The maximum absolute atomic E-state index is 13.9. The number of ether oxygens (including phenoxy) is 1. The van der Waals surface area contributed by atoms with Crippen LogP contribution in [0.2, 0.25) is 0 Å². The van der Waals surface area contributed by atoms with Crippen molar-refractivity contribution >= 4 is 5.91 Å². The number of rotatable bonds is 7. The lowest BCUT2D eigenvalue weighted by Crippen LogP contribution is -2.55. The van der Waals surface area contributed by atoms with Crippen LogP contribution in [0.3, 0.4) is 0 Å². The number of nitrogens with one attached hydrogen (secondary N) is 1. The smallest absolute Gasteiger partial charge is 0.237 e. The van der Waals surface area contributed by atoms with Crippen LogP contribution in [0.25, 0.3) is 0 Å². The maximum atomic E-state index is 13.9. The van der Waals surface area contributed by atoms with Gasteiger partial charge in [-0.3, -0.25) is 4.79 Å². The van der Waals surface area contributed by atoms with Crippen molar-refractivity contribution in [3.8, 4) is 5.75 Å². The molecule has 0 bridgehead atoms.